The molecule has 0 radical (unpaired) electrons. The maximum absolute atomic E-state index is 3.75. The molecule has 0 heterocycles. The van der Waals surface area contributed by atoms with E-state index in [1.54, 1.807) is 6.42 Å². The van der Waals surface area contributed by atoms with E-state index in [9.17, 15) is 0 Å². The van der Waals surface area contributed by atoms with Gasteiger partial charge in [0, 0.05) is 6.04 Å². The van der Waals surface area contributed by atoms with Crippen LogP contribution in [0.15, 0.2) is 0 Å². The van der Waals surface area contributed by atoms with Gasteiger partial charge in [-0.1, -0.05) is 27.2 Å². The molecule has 2 aliphatic rings. The van der Waals surface area contributed by atoms with E-state index < -0.39 is 0 Å². The van der Waals surface area contributed by atoms with Gasteiger partial charge in [-0.2, -0.15) is 0 Å². The minimum Gasteiger partial charge on any atom is -0.314 e. The molecule has 0 aromatic carbocycles. The van der Waals surface area contributed by atoms with Gasteiger partial charge in [0.2, 0.25) is 0 Å². The lowest BCUT2D eigenvalue weighted by Gasteiger charge is -2.29. The third kappa shape index (κ3) is 4.19. The van der Waals surface area contributed by atoms with E-state index in [0.29, 0.717) is 0 Å². The molecule has 1 N–H and O–H groups in total. The highest BCUT2D eigenvalue weighted by molar-refractivity contribution is 4.91. The third-order valence-electron chi connectivity index (χ3n) is 5.65. The molecule has 2 fully saturated rings. The Morgan fingerprint density at radius 1 is 1.11 bits per heavy atom. The number of fused-ring (bicyclic) bond motifs is 2. The van der Waals surface area contributed by atoms with Gasteiger partial charge in [0.15, 0.2) is 0 Å². The van der Waals surface area contributed by atoms with Crippen LogP contribution in [-0.4, -0.2) is 37.1 Å². The van der Waals surface area contributed by atoms with Crippen LogP contribution in [-0.2, 0) is 0 Å². The van der Waals surface area contributed by atoms with Crippen LogP contribution in [0.25, 0.3) is 0 Å². The minimum atomic E-state index is 0.759. The van der Waals surface area contributed by atoms with E-state index in [2.05, 4.69) is 31.0 Å². The molecule has 0 aromatic rings. The molecule has 2 heteroatoms. The van der Waals surface area contributed by atoms with E-state index in [0.717, 1.165) is 30.3 Å². The number of hydrogen-bond donors (Lipinski definition) is 1. The molecule has 0 aliphatic heterocycles. The highest BCUT2D eigenvalue weighted by Crippen LogP contribution is 2.49. The van der Waals surface area contributed by atoms with Crippen LogP contribution in [0, 0.1) is 17.8 Å². The summed E-state index contributed by atoms with van der Waals surface area (Å²) in [6.07, 6.45) is 8.94. The first-order chi connectivity index (χ1) is 9.26. The summed E-state index contributed by atoms with van der Waals surface area (Å²) in [5, 5.41) is 3.75. The second-order valence-electron chi connectivity index (χ2n) is 6.74. The topological polar surface area (TPSA) is 15.3 Å². The predicted octanol–water partition coefficient (Wildman–Crippen LogP) is 3.52. The smallest absolute Gasteiger partial charge is 0.00818 e. The summed E-state index contributed by atoms with van der Waals surface area (Å²) in [7, 11) is 0. The normalized spacial score (nSPS) is 31.3. The van der Waals surface area contributed by atoms with Crippen LogP contribution in [0.5, 0.6) is 0 Å². The highest BCUT2D eigenvalue weighted by Gasteiger charge is 2.39. The second-order valence-corrected chi connectivity index (χ2v) is 6.74. The average Bonchev–Trinajstić information content (AvgIpc) is 3.02. The maximum atomic E-state index is 3.75. The Hall–Kier alpha value is -0.0800. The first kappa shape index (κ1) is 15.3. The summed E-state index contributed by atoms with van der Waals surface area (Å²) in [6.45, 7) is 11.6. The Bertz CT molecular complexity index is 250. The fourth-order valence-corrected chi connectivity index (χ4v) is 4.50. The van der Waals surface area contributed by atoms with E-state index in [-0.39, 0.29) is 0 Å². The first-order valence-electron chi connectivity index (χ1n) is 8.72. The zero-order valence-corrected chi connectivity index (χ0v) is 13.3. The molecule has 19 heavy (non-hydrogen) atoms. The van der Waals surface area contributed by atoms with Gasteiger partial charge in [-0.25, -0.2) is 0 Å². The quantitative estimate of drug-likeness (QED) is 0.687. The van der Waals surface area contributed by atoms with E-state index in [1.807, 2.05) is 0 Å². The summed E-state index contributed by atoms with van der Waals surface area (Å²) in [5.41, 5.74) is 0. The standard InChI is InChI=1S/C17H34N2/c1-4-18-17(9-10-19(5-2)6-3)13-16-12-14-7-8-15(16)11-14/h14-18H,4-13H2,1-3H3. The van der Waals surface area contributed by atoms with Crippen molar-refractivity contribution in [3.05, 3.63) is 0 Å². The van der Waals surface area contributed by atoms with Gasteiger partial charge in [0.05, 0.1) is 0 Å². The molecule has 2 saturated carbocycles. The van der Waals surface area contributed by atoms with Gasteiger partial charge in [0.1, 0.15) is 0 Å². The molecule has 0 saturated heterocycles. The molecule has 2 nitrogen and oxygen atoms in total. The van der Waals surface area contributed by atoms with E-state index in [4.69, 9.17) is 0 Å². The molecule has 2 rings (SSSR count). The van der Waals surface area contributed by atoms with Gasteiger partial charge < -0.3 is 10.2 Å². The molecular weight excluding hydrogens is 232 g/mol. The SMILES string of the molecule is CCNC(CCN(CC)CC)CC1CC2CCC1C2. The van der Waals surface area contributed by atoms with Crippen LogP contribution >= 0.6 is 0 Å². The Labute approximate surface area is 120 Å². The predicted molar refractivity (Wildman–Crippen MR) is 83.4 cm³/mol. The van der Waals surface area contributed by atoms with E-state index >= 15 is 0 Å². The molecule has 0 amide bonds. The van der Waals surface area contributed by atoms with Crippen molar-refractivity contribution in [1.82, 2.24) is 10.2 Å². The van der Waals surface area contributed by atoms with Crippen molar-refractivity contribution in [2.45, 2.75) is 65.3 Å². The third-order valence-corrected chi connectivity index (χ3v) is 5.65. The highest BCUT2D eigenvalue weighted by atomic mass is 15.1. The lowest BCUT2D eigenvalue weighted by Crippen LogP contribution is -2.36. The van der Waals surface area contributed by atoms with Gasteiger partial charge in [-0.3, -0.25) is 0 Å². The van der Waals surface area contributed by atoms with Gasteiger partial charge >= 0.3 is 0 Å². The minimum absolute atomic E-state index is 0.759. The maximum Gasteiger partial charge on any atom is 0.00818 e. The van der Waals surface area contributed by atoms with Gasteiger partial charge in [0.25, 0.3) is 0 Å². The van der Waals surface area contributed by atoms with Crippen molar-refractivity contribution < 1.29 is 0 Å². The average molecular weight is 266 g/mol. The summed E-state index contributed by atoms with van der Waals surface area (Å²) in [4.78, 5) is 2.56. The monoisotopic (exact) mass is 266 g/mol. The summed E-state index contributed by atoms with van der Waals surface area (Å²) >= 11 is 0. The fourth-order valence-electron chi connectivity index (χ4n) is 4.50. The molecular formula is C17H34N2. The number of rotatable bonds is 9. The van der Waals surface area contributed by atoms with Crippen molar-refractivity contribution in [3.8, 4) is 0 Å². The molecule has 4 unspecified atom stereocenters. The molecule has 0 spiro atoms. The Kier molecular flexibility index (Phi) is 6.15. The summed E-state index contributed by atoms with van der Waals surface area (Å²) < 4.78 is 0. The Morgan fingerprint density at radius 2 is 1.89 bits per heavy atom. The largest absolute Gasteiger partial charge is 0.314 e. The molecule has 112 valence electrons. The van der Waals surface area contributed by atoms with Crippen LogP contribution in [0.1, 0.15) is 59.3 Å². The fraction of sp³-hybridized carbons (Fsp3) is 1.00. The van der Waals surface area contributed by atoms with Gasteiger partial charge in [-0.05, 0) is 76.0 Å². The lowest BCUT2D eigenvalue weighted by molar-refractivity contribution is 0.241. The van der Waals surface area contributed by atoms with Crippen LogP contribution in [0.4, 0.5) is 0 Å². The summed E-state index contributed by atoms with van der Waals surface area (Å²) in [6, 6.07) is 0.759. The van der Waals surface area contributed by atoms with Crippen LogP contribution in [0.2, 0.25) is 0 Å². The van der Waals surface area contributed by atoms with Crippen LogP contribution < -0.4 is 5.32 Å². The van der Waals surface area contributed by atoms with Crippen molar-refractivity contribution in [1.29, 1.82) is 0 Å². The zero-order valence-electron chi connectivity index (χ0n) is 13.3. The number of hydrogen-bond acceptors (Lipinski definition) is 2. The zero-order chi connectivity index (χ0) is 13.7. The van der Waals surface area contributed by atoms with Crippen molar-refractivity contribution in [3.63, 3.8) is 0 Å². The van der Waals surface area contributed by atoms with Crippen molar-refractivity contribution in [2.75, 3.05) is 26.2 Å². The Balaban J connectivity index is 1.75. The Morgan fingerprint density at radius 3 is 2.42 bits per heavy atom. The van der Waals surface area contributed by atoms with Crippen LogP contribution in [0.3, 0.4) is 0 Å². The lowest BCUT2D eigenvalue weighted by atomic mass is 9.83. The number of nitrogens with zero attached hydrogens (tertiary/aromatic N) is 1. The molecule has 0 aromatic heterocycles. The van der Waals surface area contributed by atoms with Crippen molar-refractivity contribution >= 4 is 0 Å². The molecule has 2 bridgehead atoms. The second kappa shape index (κ2) is 7.64. The molecule has 4 atom stereocenters. The number of nitrogens with one attached hydrogen (secondary N) is 1. The van der Waals surface area contributed by atoms with Gasteiger partial charge in [-0.15, -0.1) is 0 Å². The van der Waals surface area contributed by atoms with Crippen molar-refractivity contribution in [2.24, 2.45) is 17.8 Å². The van der Waals surface area contributed by atoms with E-state index in [1.165, 1.54) is 51.7 Å². The first-order valence-corrected chi connectivity index (χ1v) is 8.72. The molecule has 2 aliphatic carbocycles. The summed E-state index contributed by atoms with van der Waals surface area (Å²) in [5.74, 6) is 3.22.